The van der Waals surface area contributed by atoms with Gasteiger partial charge in [0.1, 0.15) is 23.1 Å². The lowest BCUT2D eigenvalue weighted by atomic mass is 10.1. The first-order valence-electron chi connectivity index (χ1n) is 10.2. The smallest absolute Gasteiger partial charge is 0.336 e. The number of barbiturate groups is 1. The minimum Gasteiger partial charge on any atom is -0.497 e. The molecule has 1 unspecified atom stereocenters. The maximum atomic E-state index is 13.3. The number of hydrogen-bond donors (Lipinski definition) is 2. The van der Waals surface area contributed by atoms with E-state index in [1.54, 1.807) is 41.1 Å². The number of carbonyl (C=O) groups is 4. The van der Waals surface area contributed by atoms with Gasteiger partial charge in [-0.1, -0.05) is 18.2 Å². The van der Waals surface area contributed by atoms with E-state index in [-0.39, 0.29) is 17.0 Å². The molecular formula is C24H21N3O7. The number of amides is 4. The van der Waals surface area contributed by atoms with Crippen molar-refractivity contribution in [2.24, 2.45) is 0 Å². The Kier molecular flexibility index (Phi) is 5.80. The highest BCUT2D eigenvalue weighted by atomic mass is 16.5. The summed E-state index contributed by atoms with van der Waals surface area (Å²) in [6, 6.07) is 9.77. The van der Waals surface area contributed by atoms with Crippen LogP contribution >= 0.6 is 0 Å². The molecule has 1 aliphatic heterocycles. The van der Waals surface area contributed by atoms with Gasteiger partial charge in [0.2, 0.25) is 0 Å². The summed E-state index contributed by atoms with van der Waals surface area (Å²) in [6.07, 6.45) is 2.91. The van der Waals surface area contributed by atoms with Crippen LogP contribution in [0.5, 0.6) is 11.5 Å². The van der Waals surface area contributed by atoms with Crippen molar-refractivity contribution in [1.29, 1.82) is 0 Å². The molecule has 4 rings (SSSR count). The summed E-state index contributed by atoms with van der Waals surface area (Å²) < 4.78 is 12.0. The van der Waals surface area contributed by atoms with E-state index in [0.29, 0.717) is 22.2 Å². The Morgan fingerprint density at radius 1 is 1.09 bits per heavy atom. The first kappa shape index (κ1) is 22.6. The monoisotopic (exact) mass is 463 g/mol. The van der Waals surface area contributed by atoms with Crippen molar-refractivity contribution in [3.8, 4) is 11.5 Å². The summed E-state index contributed by atoms with van der Waals surface area (Å²) in [5, 5.41) is 12.3. The summed E-state index contributed by atoms with van der Waals surface area (Å²) in [4.78, 5) is 51.0. The number of carboxylic acids is 1. The summed E-state index contributed by atoms with van der Waals surface area (Å²) >= 11 is 0. The van der Waals surface area contributed by atoms with Gasteiger partial charge in [0, 0.05) is 28.7 Å². The van der Waals surface area contributed by atoms with Crippen molar-refractivity contribution in [3.63, 3.8) is 0 Å². The Balaban J connectivity index is 1.83. The molecule has 3 aromatic rings. The van der Waals surface area contributed by atoms with Gasteiger partial charge in [-0.25, -0.2) is 14.5 Å². The molecule has 1 aliphatic rings. The predicted molar refractivity (Wildman–Crippen MR) is 123 cm³/mol. The van der Waals surface area contributed by atoms with Crippen LogP contribution in [0.1, 0.15) is 18.5 Å². The molecule has 1 atom stereocenters. The molecule has 10 nitrogen and oxygen atoms in total. The molecule has 0 aliphatic carbocycles. The van der Waals surface area contributed by atoms with Gasteiger partial charge in [-0.15, -0.1) is 0 Å². The fourth-order valence-corrected chi connectivity index (χ4v) is 3.79. The predicted octanol–water partition coefficient (Wildman–Crippen LogP) is 2.97. The Morgan fingerprint density at radius 3 is 2.50 bits per heavy atom. The lowest BCUT2D eigenvalue weighted by Crippen LogP contribution is -2.54. The summed E-state index contributed by atoms with van der Waals surface area (Å²) in [5.74, 6) is -2.09. The van der Waals surface area contributed by atoms with E-state index in [4.69, 9.17) is 9.47 Å². The number of nitrogens with zero attached hydrogens (tertiary/aromatic N) is 2. The summed E-state index contributed by atoms with van der Waals surface area (Å²) in [5.41, 5.74) is 0.922. The second-order valence-electron chi connectivity index (χ2n) is 7.52. The minimum atomic E-state index is -1.03. The van der Waals surface area contributed by atoms with Crippen LogP contribution in [0.15, 0.2) is 54.2 Å². The quantitative estimate of drug-likeness (QED) is 0.425. The highest BCUT2D eigenvalue weighted by Crippen LogP contribution is 2.35. The van der Waals surface area contributed by atoms with Gasteiger partial charge in [0.15, 0.2) is 0 Å². The van der Waals surface area contributed by atoms with Gasteiger partial charge < -0.3 is 19.1 Å². The molecule has 34 heavy (non-hydrogen) atoms. The molecular weight excluding hydrogens is 442 g/mol. The molecule has 0 radical (unpaired) electrons. The Hall–Kier alpha value is -4.60. The zero-order valence-corrected chi connectivity index (χ0v) is 18.6. The number of methoxy groups -OCH3 is 2. The van der Waals surface area contributed by atoms with E-state index >= 15 is 0 Å². The van der Waals surface area contributed by atoms with Crippen molar-refractivity contribution in [2.75, 3.05) is 19.1 Å². The minimum absolute atomic E-state index is 0.131. The first-order valence-corrected chi connectivity index (χ1v) is 10.2. The van der Waals surface area contributed by atoms with E-state index in [1.165, 1.54) is 39.4 Å². The van der Waals surface area contributed by atoms with Crippen molar-refractivity contribution in [2.45, 2.75) is 13.0 Å². The molecule has 10 heteroatoms. The van der Waals surface area contributed by atoms with E-state index in [9.17, 15) is 24.3 Å². The normalized spacial score (nSPS) is 16.0. The number of aromatic nitrogens is 1. The summed E-state index contributed by atoms with van der Waals surface area (Å²) in [6.45, 7) is 1.53. The van der Waals surface area contributed by atoms with Crippen molar-refractivity contribution in [1.82, 2.24) is 9.88 Å². The van der Waals surface area contributed by atoms with Gasteiger partial charge in [-0.2, -0.15) is 0 Å². The number of imide groups is 2. The number of benzene rings is 2. The highest BCUT2D eigenvalue weighted by molar-refractivity contribution is 6.39. The molecule has 1 fully saturated rings. The van der Waals surface area contributed by atoms with Crippen molar-refractivity contribution < 1.29 is 33.8 Å². The number of carboxylic acid groups (broad SMARTS) is 1. The zero-order chi connectivity index (χ0) is 24.6. The van der Waals surface area contributed by atoms with Crippen LogP contribution < -0.4 is 19.7 Å². The molecule has 174 valence electrons. The van der Waals surface area contributed by atoms with Gasteiger partial charge in [-0.3, -0.25) is 14.9 Å². The third-order valence-electron chi connectivity index (χ3n) is 5.58. The Labute approximate surface area is 194 Å². The number of hydrogen-bond acceptors (Lipinski definition) is 6. The van der Waals surface area contributed by atoms with E-state index in [1.807, 2.05) is 0 Å². The average molecular weight is 463 g/mol. The van der Waals surface area contributed by atoms with Crippen molar-refractivity contribution in [3.05, 3.63) is 59.8 Å². The molecule has 1 aromatic heterocycles. The highest BCUT2D eigenvalue weighted by Gasteiger charge is 2.38. The van der Waals surface area contributed by atoms with Crippen LogP contribution in [-0.2, 0) is 14.4 Å². The number of urea groups is 1. The van der Waals surface area contributed by atoms with Gasteiger partial charge >= 0.3 is 12.0 Å². The van der Waals surface area contributed by atoms with Crippen LogP contribution in [0, 0.1) is 0 Å². The topological polar surface area (TPSA) is 127 Å². The molecule has 1 saturated heterocycles. The number of aliphatic carboxylic acids is 1. The van der Waals surface area contributed by atoms with E-state index in [2.05, 4.69) is 5.32 Å². The maximum Gasteiger partial charge on any atom is 0.336 e. The lowest BCUT2D eigenvalue weighted by Gasteiger charge is -2.27. The third-order valence-corrected chi connectivity index (χ3v) is 5.58. The Bertz CT molecular complexity index is 1370. The molecule has 2 aromatic carbocycles. The SMILES string of the molecule is COc1ccc(N2C(=O)NC(=O)C(=Cc3cn(C(C)C(=O)O)c4ccccc34)C2=O)c(OC)c1. The Morgan fingerprint density at radius 2 is 1.82 bits per heavy atom. The molecule has 0 spiro atoms. The number of anilines is 1. The fourth-order valence-electron chi connectivity index (χ4n) is 3.79. The third kappa shape index (κ3) is 3.75. The van der Waals surface area contributed by atoms with Gasteiger partial charge in [0.25, 0.3) is 11.8 Å². The van der Waals surface area contributed by atoms with Crippen LogP contribution in [0.25, 0.3) is 17.0 Å². The van der Waals surface area contributed by atoms with Crippen LogP contribution in [0.2, 0.25) is 0 Å². The molecule has 2 heterocycles. The average Bonchev–Trinajstić information content (AvgIpc) is 3.19. The zero-order valence-electron chi connectivity index (χ0n) is 18.6. The van der Waals surface area contributed by atoms with Gasteiger partial charge in [-0.05, 0) is 31.2 Å². The van der Waals surface area contributed by atoms with E-state index in [0.717, 1.165) is 4.90 Å². The maximum absolute atomic E-state index is 13.3. The van der Waals surface area contributed by atoms with Crippen LogP contribution in [-0.4, -0.2) is 47.7 Å². The summed E-state index contributed by atoms with van der Waals surface area (Å²) in [7, 11) is 2.85. The van der Waals surface area contributed by atoms with Gasteiger partial charge in [0.05, 0.1) is 19.9 Å². The molecule has 4 amide bonds. The molecule has 0 saturated carbocycles. The standard InChI is InChI=1S/C24H21N3O7/c1-13(23(30)31)26-12-14(16-6-4-5-7-18(16)26)10-17-21(28)25-24(32)27(22(17)29)19-9-8-15(33-2)11-20(19)34-3/h4-13H,1-3H3,(H,30,31)(H,25,28,32). The van der Waals surface area contributed by atoms with E-state index < -0.39 is 29.9 Å². The second kappa shape index (κ2) is 8.74. The first-order chi connectivity index (χ1) is 16.3. The van der Waals surface area contributed by atoms with Crippen LogP contribution in [0.4, 0.5) is 10.5 Å². The lowest BCUT2D eigenvalue weighted by molar-refractivity contribution is -0.140. The van der Waals surface area contributed by atoms with Crippen LogP contribution in [0.3, 0.4) is 0 Å². The second-order valence-corrected chi connectivity index (χ2v) is 7.52. The molecule has 2 N–H and O–H groups in total. The number of carbonyl (C=O) groups excluding carboxylic acids is 3. The van der Waals surface area contributed by atoms with Crippen molar-refractivity contribution >= 4 is 46.5 Å². The fraction of sp³-hybridized carbons (Fsp3) is 0.167. The number of nitrogens with one attached hydrogen (secondary N) is 1. The largest absolute Gasteiger partial charge is 0.497 e. The molecule has 0 bridgehead atoms. The number of rotatable bonds is 6. The number of para-hydroxylation sites is 1. The number of ether oxygens (including phenoxy) is 2. The number of fused-ring (bicyclic) bond motifs is 1.